The standard InChI is InChI=1S/C11H15NO3S.C5H10O2/c1-9-2-4-11(5-3-9)16(13,14)15-8-10-6-7-12-10;1-5(2,3)7-4-6/h2-5,10,12H,6-8H2,1H3;4H,1-3H3. The van der Waals surface area contributed by atoms with Crippen LogP contribution in [0, 0.1) is 6.92 Å². The number of aryl methyl sites for hydroxylation is 1. The molecular formula is C16H25NO5S. The summed E-state index contributed by atoms with van der Waals surface area (Å²) in [5.41, 5.74) is 0.710. The van der Waals surface area contributed by atoms with E-state index in [1.807, 2.05) is 27.7 Å². The first-order valence-corrected chi connectivity index (χ1v) is 8.86. The number of benzene rings is 1. The molecule has 1 aromatic rings. The summed E-state index contributed by atoms with van der Waals surface area (Å²) in [6, 6.07) is 6.84. The molecule has 1 saturated heterocycles. The molecule has 0 radical (unpaired) electrons. The Morgan fingerprint density at radius 3 is 2.17 bits per heavy atom. The van der Waals surface area contributed by atoms with Crippen molar-refractivity contribution in [3.63, 3.8) is 0 Å². The van der Waals surface area contributed by atoms with Crippen molar-refractivity contribution in [2.24, 2.45) is 0 Å². The molecule has 1 aliphatic rings. The minimum Gasteiger partial charge on any atom is -0.462 e. The van der Waals surface area contributed by atoms with Gasteiger partial charge in [0.2, 0.25) is 0 Å². The van der Waals surface area contributed by atoms with Gasteiger partial charge in [-0.15, -0.1) is 0 Å². The summed E-state index contributed by atoms with van der Waals surface area (Å²) in [7, 11) is -3.59. The van der Waals surface area contributed by atoms with Crippen molar-refractivity contribution in [1.82, 2.24) is 5.32 Å². The summed E-state index contributed by atoms with van der Waals surface area (Å²) in [5.74, 6) is 0. The number of ether oxygens (including phenoxy) is 1. The molecule has 1 aromatic carbocycles. The maximum atomic E-state index is 11.7. The lowest BCUT2D eigenvalue weighted by Gasteiger charge is -2.26. The van der Waals surface area contributed by atoms with Crippen LogP contribution < -0.4 is 5.32 Å². The van der Waals surface area contributed by atoms with E-state index in [2.05, 4.69) is 10.1 Å². The van der Waals surface area contributed by atoms with Gasteiger partial charge in [0.25, 0.3) is 16.6 Å². The predicted molar refractivity (Wildman–Crippen MR) is 87.6 cm³/mol. The molecule has 7 heteroatoms. The van der Waals surface area contributed by atoms with E-state index in [9.17, 15) is 13.2 Å². The summed E-state index contributed by atoms with van der Waals surface area (Å²) in [5, 5.41) is 3.09. The van der Waals surface area contributed by atoms with Crippen LogP contribution >= 0.6 is 0 Å². The summed E-state index contributed by atoms with van der Waals surface area (Å²) < 4.78 is 33.0. The van der Waals surface area contributed by atoms with E-state index >= 15 is 0 Å². The SMILES string of the molecule is CC(C)(C)OC=O.Cc1ccc(S(=O)(=O)OCC2CCN2)cc1. The van der Waals surface area contributed by atoms with Crippen LogP contribution in [-0.2, 0) is 23.8 Å². The Kier molecular flexibility index (Phi) is 7.18. The van der Waals surface area contributed by atoms with Gasteiger partial charge in [0, 0.05) is 6.04 Å². The van der Waals surface area contributed by atoms with Crippen molar-refractivity contribution in [2.75, 3.05) is 13.2 Å². The highest BCUT2D eigenvalue weighted by Gasteiger charge is 2.21. The van der Waals surface area contributed by atoms with Gasteiger partial charge >= 0.3 is 0 Å². The molecular weight excluding hydrogens is 318 g/mol. The molecule has 0 spiro atoms. The first kappa shape index (κ1) is 19.6. The lowest BCUT2D eigenvalue weighted by atomic mass is 10.1. The normalized spacial score (nSPS) is 17.5. The maximum Gasteiger partial charge on any atom is 0.297 e. The average molecular weight is 343 g/mol. The second-order valence-corrected chi connectivity index (χ2v) is 7.93. The first-order valence-electron chi connectivity index (χ1n) is 7.45. The predicted octanol–water partition coefficient (Wildman–Crippen LogP) is 2.02. The third-order valence-corrected chi connectivity index (χ3v) is 4.36. The zero-order chi connectivity index (χ0) is 17.5. The quantitative estimate of drug-likeness (QED) is 0.651. The smallest absolute Gasteiger partial charge is 0.297 e. The van der Waals surface area contributed by atoms with E-state index in [1.165, 1.54) is 0 Å². The Balaban J connectivity index is 0.000000322. The van der Waals surface area contributed by atoms with Gasteiger partial charge in [-0.05, 0) is 52.8 Å². The van der Waals surface area contributed by atoms with Crippen molar-refractivity contribution in [3.8, 4) is 0 Å². The van der Waals surface area contributed by atoms with Crippen LogP contribution in [0.1, 0.15) is 32.8 Å². The van der Waals surface area contributed by atoms with Crippen molar-refractivity contribution < 1.29 is 22.1 Å². The van der Waals surface area contributed by atoms with E-state index in [0.717, 1.165) is 18.5 Å². The number of carbonyl (C=O) groups excluding carboxylic acids is 1. The molecule has 0 amide bonds. The topological polar surface area (TPSA) is 81.7 Å². The van der Waals surface area contributed by atoms with Crippen molar-refractivity contribution in [1.29, 1.82) is 0 Å². The van der Waals surface area contributed by atoms with Gasteiger partial charge in [-0.3, -0.25) is 8.98 Å². The van der Waals surface area contributed by atoms with Gasteiger partial charge in [-0.1, -0.05) is 17.7 Å². The van der Waals surface area contributed by atoms with Crippen LogP contribution in [0.2, 0.25) is 0 Å². The molecule has 1 unspecified atom stereocenters. The van der Waals surface area contributed by atoms with Gasteiger partial charge in [-0.2, -0.15) is 8.42 Å². The Bertz CT molecular complexity index is 586. The largest absolute Gasteiger partial charge is 0.462 e. The van der Waals surface area contributed by atoms with Gasteiger partial charge in [0.05, 0.1) is 11.5 Å². The molecule has 1 atom stereocenters. The van der Waals surface area contributed by atoms with Gasteiger partial charge < -0.3 is 10.1 Å². The lowest BCUT2D eigenvalue weighted by Crippen LogP contribution is -2.46. The highest BCUT2D eigenvalue weighted by Crippen LogP contribution is 2.14. The molecule has 130 valence electrons. The Morgan fingerprint density at radius 1 is 1.26 bits per heavy atom. The van der Waals surface area contributed by atoms with Gasteiger partial charge in [0.15, 0.2) is 0 Å². The Hall–Kier alpha value is -1.44. The molecule has 1 aliphatic heterocycles. The van der Waals surface area contributed by atoms with E-state index < -0.39 is 10.1 Å². The minimum atomic E-state index is -3.59. The monoisotopic (exact) mass is 343 g/mol. The fourth-order valence-electron chi connectivity index (χ4n) is 1.58. The molecule has 0 aromatic heterocycles. The van der Waals surface area contributed by atoms with Crippen LogP contribution in [0.25, 0.3) is 0 Å². The van der Waals surface area contributed by atoms with E-state index in [-0.39, 0.29) is 23.1 Å². The van der Waals surface area contributed by atoms with E-state index in [1.54, 1.807) is 24.3 Å². The van der Waals surface area contributed by atoms with Crippen molar-refractivity contribution >= 4 is 16.6 Å². The zero-order valence-corrected chi connectivity index (χ0v) is 14.9. The number of hydrogen-bond donors (Lipinski definition) is 1. The van der Waals surface area contributed by atoms with Crippen LogP contribution in [0.4, 0.5) is 0 Å². The molecule has 0 aliphatic carbocycles. The third-order valence-electron chi connectivity index (χ3n) is 3.06. The fraction of sp³-hybridized carbons (Fsp3) is 0.562. The molecule has 23 heavy (non-hydrogen) atoms. The van der Waals surface area contributed by atoms with Crippen LogP contribution in [0.3, 0.4) is 0 Å². The maximum absolute atomic E-state index is 11.7. The highest BCUT2D eigenvalue weighted by atomic mass is 32.2. The van der Waals surface area contributed by atoms with Crippen LogP contribution in [-0.4, -0.2) is 39.7 Å². The summed E-state index contributed by atoms with van der Waals surface area (Å²) in [4.78, 5) is 9.82. The highest BCUT2D eigenvalue weighted by molar-refractivity contribution is 7.86. The van der Waals surface area contributed by atoms with Crippen LogP contribution in [0.5, 0.6) is 0 Å². The molecule has 0 bridgehead atoms. The summed E-state index contributed by atoms with van der Waals surface area (Å²) in [6.45, 7) is 8.99. The van der Waals surface area contributed by atoms with E-state index in [4.69, 9.17) is 4.18 Å². The zero-order valence-electron chi connectivity index (χ0n) is 14.0. The lowest BCUT2D eigenvalue weighted by molar-refractivity contribution is -0.138. The van der Waals surface area contributed by atoms with E-state index in [0.29, 0.717) is 6.47 Å². The number of rotatable bonds is 5. The molecule has 1 N–H and O–H groups in total. The minimum absolute atomic E-state index is 0.181. The van der Waals surface area contributed by atoms with Gasteiger partial charge in [-0.25, -0.2) is 0 Å². The summed E-state index contributed by atoms with van der Waals surface area (Å²) in [6.07, 6.45) is 0.976. The average Bonchev–Trinajstić information content (AvgIpc) is 2.36. The summed E-state index contributed by atoms with van der Waals surface area (Å²) >= 11 is 0. The molecule has 1 heterocycles. The molecule has 0 saturated carbocycles. The van der Waals surface area contributed by atoms with Crippen molar-refractivity contribution in [2.45, 2.75) is 50.7 Å². The fourth-order valence-corrected chi connectivity index (χ4v) is 2.53. The molecule has 6 nitrogen and oxygen atoms in total. The molecule has 2 rings (SSSR count). The number of hydrogen-bond acceptors (Lipinski definition) is 6. The van der Waals surface area contributed by atoms with Crippen LogP contribution in [0.15, 0.2) is 29.2 Å². The Labute approximate surface area is 138 Å². The Morgan fingerprint density at radius 2 is 1.83 bits per heavy atom. The van der Waals surface area contributed by atoms with Gasteiger partial charge in [0.1, 0.15) is 5.60 Å². The third kappa shape index (κ3) is 7.58. The number of carbonyl (C=O) groups is 1. The molecule has 1 fully saturated rings. The first-order chi connectivity index (χ1) is 10.6. The van der Waals surface area contributed by atoms with Crippen molar-refractivity contribution in [3.05, 3.63) is 29.8 Å². The number of nitrogens with one attached hydrogen (secondary N) is 1. The second kappa shape index (κ2) is 8.42. The second-order valence-electron chi connectivity index (χ2n) is 6.32.